The third-order valence-electron chi connectivity index (χ3n) is 3.08. The minimum absolute atomic E-state index is 0.518. The number of hydrogen-bond acceptors (Lipinski definition) is 1. The minimum Gasteiger partial charge on any atom is -0.310 e. The summed E-state index contributed by atoms with van der Waals surface area (Å²) in [6, 6.07) is 0.699. The van der Waals surface area contributed by atoms with Crippen LogP contribution in [-0.2, 0) is 0 Å². The average Bonchev–Trinajstić information content (AvgIpc) is 1.96. The first-order chi connectivity index (χ1) is 6.39. The molecule has 1 rings (SSSR count). The molecule has 0 heterocycles. The Kier molecular flexibility index (Phi) is 3.77. The third-order valence-corrected chi connectivity index (χ3v) is 3.08. The Balaban J connectivity index is 2.42. The molecule has 1 aliphatic rings. The van der Waals surface area contributed by atoms with Gasteiger partial charge in [-0.15, -0.1) is 0 Å². The van der Waals surface area contributed by atoms with Gasteiger partial charge in [0.05, 0.1) is 0 Å². The second-order valence-corrected chi connectivity index (χ2v) is 5.95. The Morgan fingerprint density at radius 2 is 2.07 bits per heavy atom. The molecule has 0 aromatic rings. The predicted octanol–water partition coefficient (Wildman–Crippen LogP) is 3.37. The van der Waals surface area contributed by atoms with Crippen LogP contribution in [0.3, 0.4) is 0 Å². The van der Waals surface area contributed by atoms with Crippen molar-refractivity contribution in [1.29, 1.82) is 0 Å². The Bertz CT molecular complexity index is 205. The molecular weight excluding hydrogens is 170 g/mol. The molecule has 14 heavy (non-hydrogen) atoms. The van der Waals surface area contributed by atoms with Crippen molar-refractivity contribution in [3.63, 3.8) is 0 Å². The lowest BCUT2D eigenvalue weighted by Gasteiger charge is -2.39. The average molecular weight is 195 g/mol. The van der Waals surface area contributed by atoms with E-state index in [0.29, 0.717) is 11.5 Å². The molecule has 1 N–H and O–H groups in total. The summed E-state index contributed by atoms with van der Waals surface area (Å²) in [6.07, 6.45) is 4.01. The van der Waals surface area contributed by atoms with Gasteiger partial charge in [0.15, 0.2) is 0 Å². The maximum Gasteiger partial charge on any atom is 0.0161 e. The molecule has 0 amide bonds. The van der Waals surface area contributed by atoms with Gasteiger partial charge in [-0.2, -0.15) is 0 Å². The van der Waals surface area contributed by atoms with Gasteiger partial charge in [0.25, 0.3) is 0 Å². The molecule has 1 saturated carbocycles. The molecule has 1 heteroatoms. The van der Waals surface area contributed by atoms with E-state index in [-0.39, 0.29) is 0 Å². The molecule has 0 aromatic carbocycles. The molecule has 0 aliphatic heterocycles. The first-order valence-corrected chi connectivity index (χ1v) is 5.77. The van der Waals surface area contributed by atoms with Crippen molar-refractivity contribution >= 4 is 0 Å². The summed E-state index contributed by atoms with van der Waals surface area (Å²) in [6.45, 7) is 14.1. The van der Waals surface area contributed by atoms with Crippen molar-refractivity contribution in [3.8, 4) is 0 Å². The van der Waals surface area contributed by atoms with Gasteiger partial charge in [0, 0.05) is 12.6 Å². The normalized spacial score (nSPS) is 31.4. The van der Waals surface area contributed by atoms with Gasteiger partial charge in [-0.25, -0.2) is 0 Å². The van der Waals surface area contributed by atoms with Gasteiger partial charge in [-0.1, -0.05) is 32.9 Å². The molecule has 0 aromatic heterocycles. The van der Waals surface area contributed by atoms with Crippen LogP contribution in [0.4, 0.5) is 0 Å². The van der Waals surface area contributed by atoms with Gasteiger partial charge >= 0.3 is 0 Å². The van der Waals surface area contributed by atoms with Crippen LogP contribution < -0.4 is 5.32 Å². The number of rotatable bonds is 3. The lowest BCUT2D eigenvalue weighted by atomic mass is 9.70. The van der Waals surface area contributed by atoms with Gasteiger partial charge in [-0.05, 0) is 37.5 Å². The second kappa shape index (κ2) is 4.48. The highest BCUT2D eigenvalue weighted by Gasteiger charge is 2.31. The SMILES string of the molecule is C=C(C)CNC1CC(C)CC(C)(C)C1. The zero-order valence-corrected chi connectivity index (χ0v) is 10.2. The fraction of sp³-hybridized carbons (Fsp3) is 0.846. The van der Waals surface area contributed by atoms with Gasteiger partial charge in [0.2, 0.25) is 0 Å². The van der Waals surface area contributed by atoms with E-state index in [0.717, 1.165) is 12.5 Å². The van der Waals surface area contributed by atoms with Crippen LogP contribution in [0.2, 0.25) is 0 Å². The van der Waals surface area contributed by atoms with Gasteiger partial charge in [-0.3, -0.25) is 0 Å². The summed E-state index contributed by atoms with van der Waals surface area (Å²) >= 11 is 0. The summed E-state index contributed by atoms with van der Waals surface area (Å²) in [7, 11) is 0. The van der Waals surface area contributed by atoms with Crippen molar-refractivity contribution in [2.45, 2.75) is 53.0 Å². The lowest BCUT2D eigenvalue weighted by Crippen LogP contribution is -2.40. The number of hydrogen-bond donors (Lipinski definition) is 1. The monoisotopic (exact) mass is 195 g/mol. The Hall–Kier alpha value is -0.300. The largest absolute Gasteiger partial charge is 0.310 e. The van der Waals surface area contributed by atoms with Crippen LogP contribution in [0.1, 0.15) is 47.0 Å². The maximum absolute atomic E-state index is 3.93. The van der Waals surface area contributed by atoms with Crippen molar-refractivity contribution < 1.29 is 0 Å². The van der Waals surface area contributed by atoms with Crippen LogP contribution in [0.25, 0.3) is 0 Å². The fourth-order valence-electron chi connectivity index (χ4n) is 2.82. The van der Waals surface area contributed by atoms with E-state index in [1.165, 1.54) is 24.8 Å². The zero-order chi connectivity index (χ0) is 10.8. The van der Waals surface area contributed by atoms with Gasteiger partial charge < -0.3 is 5.32 Å². The second-order valence-electron chi connectivity index (χ2n) is 5.95. The molecule has 1 fully saturated rings. The smallest absolute Gasteiger partial charge is 0.0161 e. The summed E-state index contributed by atoms with van der Waals surface area (Å²) in [5.74, 6) is 0.862. The van der Waals surface area contributed by atoms with E-state index in [2.05, 4.69) is 39.6 Å². The Labute approximate surface area is 89.0 Å². The van der Waals surface area contributed by atoms with Crippen molar-refractivity contribution in [3.05, 3.63) is 12.2 Å². The molecule has 2 unspecified atom stereocenters. The minimum atomic E-state index is 0.518. The van der Waals surface area contributed by atoms with Gasteiger partial charge in [0.1, 0.15) is 0 Å². The van der Waals surface area contributed by atoms with E-state index < -0.39 is 0 Å². The van der Waals surface area contributed by atoms with E-state index in [1.54, 1.807) is 0 Å². The molecular formula is C13H25N. The summed E-state index contributed by atoms with van der Waals surface area (Å²) in [5, 5.41) is 3.61. The maximum atomic E-state index is 3.93. The van der Waals surface area contributed by atoms with Crippen LogP contribution in [0.15, 0.2) is 12.2 Å². The summed E-state index contributed by atoms with van der Waals surface area (Å²) in [5.41, 5.74) is 1.76. The molecule has 1 nitrogen and oxygen atoms in total. The highest BCUT2D eigenvalue weighted by atomic mass is 14.9. The summed E-state index contributed by atoms with van der Waals surface area (Å²) < 4.78 is 0. The third kappa shape index (κ3) is 3.83. The molecule has 0 spiro atoms. The highest BCUT2D eigenvalue weighted by molar-refractivity contribution is 4.94. The molecule has 2 atom stereocenters. The number of nitrogens with one attached hydrogen (secondary N) is 1. The standard InChI is InChI=1S/C13H25N/c1-10(2)9-14-12-6-11(3)7-13(4,5)8-12/h11-12,14H,1,6-9H2,2-5H3. The van der Waals surface area contributed by atoms with E-state index in [9.17, 15) is 0 Å². The lowest BCUT2D eigenvalue weighted by molar-refractivity contribution is 0.153. The molecule has 0 bridgehead atoms. The van der Waals surface area contributed by atoms with E-state index >= 15 is 0 Å². The van der Waals surface area contributed by atoms with Crippen molar-refractivity contribution in [2.24, 2.45) is 11.3 Å². The molecule has 0 radical (unpaired) electrons. The summed E-state index contributed by atoms with van der Waals surface area (Å²) in [4.78, 5) is 0. The van der Waals surface area contributed by atoms with Crippen LogP contribution in [-0.4, -0.2) is 12.6 Å². The molecule has 82 valence electrons. The molecule has 0 saturated heterocycles. The Morgan fingerprint density at radius 3 is 2.57 bits per heavy atom. The fourth-order valence-corrected chi connectivity index (χ4v) is 2.82. The van der Waals surface area contributed by atoms with Crippen LogP contribution in [0, 0.1) is 11.3 Å². The Morgan fingerprint density at radius 1 is 1.43 bits per heavy atom. The first kappa shape index (κ1) is 11.8. The van der Waals surface area contributed by atoms with E-state index in [1.807, 2.05) is 0 Å². The molecule has 1 aliphatic carbocycles. The topological polar surface area (TPSA) is 12.0 Å². The predicted molar refractivity (Wildman–Crippen MR) is 63.4 cm³/mol. The van der Waals surface area contributed by atoms with Crippen LogP contribution in [0.5, 0.6) is 0 Å². The van der Waals surface area contributed by atoms with E-state index in [4.69, 9.17) is 0 Å². The first-order valence-electron chi connectivity index (χ1n) is 5.77. The van der Waals surface area contributed by atoms with Crippen molar-refractivity contribution in [2.75, 3.05) is 6.54 Å². The van der Waals surface area contributed by atoms with Crippen molar-refractivity contribution in [1.82, 2.24) is 5.32 Å². The zero-order valence-electron chi connectivity index (χ0n) is 10.2. The van der Waals surface area contributed by atoms with Crippen LogP contribution >= 0.6 is 0 Å². The highest BCUT2D eigenvalue weighted by Crippen LogP contribution is 2.38. The quantitative estimate of drug-likeness (QED) is 0.681.